The quantitative estimate of drug-likeness (QED) is 0.434. The highest BCUT2D eigenvalue weighted by atomic mass is 16.4. The smallest absolute Gasteiger partial charge is 0.0795 e. The molecule has 3 heteroatoms. The van der Waals surface area contributed by atoms with Crippen LogP contribution >= 0.6 is 0 Å². The molecule has 0 heterocycles. The molecular formula is C21H29NO2. The second-order valence-corrected chi connectivity index (χ2v) is 8.55. The van der Waals surface area contributed by atoms with Gasteiger partial charge in [-0.1, -0.05) is 10.7 Å². The number of hydrogen-bond acceptors (Lipinski definition) is 3. The normalized spacial score (nSPS) is 47.1. The highest BCUT2D eigenvalue weighted by molar-refractivity contribution is 5.96. The highest BCUT2D eigenvalue weighted by Crippen LogP contribution is 2.64. The van der Waals surface area contributed by atoms with Crippen LogP contribution in [0.5, 0.6) is 0 Å². The van der Waals surface area contributed by atoms with Crippen LogP contribution < -0.4 is 0 Å². The molecule has 0 spiro atoms. The van der Waals surface area contributed by atoms with E-state index in [2.05, 4.69) is 17.2 Å². The Kier molecular flexibility index (Phi) is 4.00. The number of nitrogens with zero attached hydrogens (tertiary/aromatic N) is 1. The fourth-order valence-corrected chi connectivity index (χ4v) is 7.05. The Hall–Kier alpha value is -1.27. The Balaban J connectivity index is 1.65. The van der Waals surface area contributed by atoms with Crippen molar-refractivity contribution in [3.05, 3.63) is 11.6 Å². The van der Waals surface area contributed by atoms with Gasteiger partial charge in [0.1, 0.15) is 0 Å². The molecule has 0 bridgehead atoms. The van der Waals surface area contributed by atoms with Crippen molar-refractivity contribution in [3.63, 3.8) is 0 Å². The zero-order chi connectivity index (χ0) is 16.9. The molecule has 0 amide bonds. The fraction of sp³-hybridized carbons (Fsp3) is 0.762. The second-order valence-electron chi connectivity index (χ2n) is 8.55. The Labute approximate surface area is 145 Å². The summed E-state index contributed by atoms with van der Waals surface area (Å²) in [6.45, 7) is 1.97. The van der Waals surface area contributed by atoms with Crippen molar-refractivity contribution in [3.8, 4) is 12.3 Å². The molecule has 0 aromatic rings. The van der Waals surface area contributed by atoms with Gasteiger partial charge < -0.3 is 10.3 Å². The number of rotatable bonds is 1. The molecule has 1 unspecified atom stereocenters. The van der Waals surface area contributed by atoms with Gasteiger partial charge in [0.25, 0.3) is 0 Å². The second kappa shape index (κ2) is 5.92. The van der Waals surface area contributed by atoms with E-state index in [0.29, 0.717) is 17.8 Å². The van der Waals surface area contributed by atoms with E-state index in [-0.39, 0.29) is 17.4 Å². The molecule has 7 atom stereocenters. The number of terminal acetylenes is 1. The SMILES string of the molecule is C#C[C@H]1CC[C@H]2[C@@H]3CCC4=CC(=NO)CC[C@@H]4[C@H]3CC[C@]12C(C)O. The molecule has 3 nitrogen and oxygen atoms in total. The molecule has 0 aliphatic heterocycles. The number of hydrogen-bond donors (Lipinski definition) is 2. The predicted octanol–water partition coefficient (Wildman–Crippen LogP) is 4.00. The largest absolute Gasteiger partial charge is 0.411 e. The summed E-state index contributed by atoms with van der Waals surface area (Å²) in [5.74, 6) is 5.98. The van der Waals surface area contributed by atoms with Gasteiger partial charge in [0, 0.05) is 11.3 Å². The maximum Gasteiger partial charge on any atom is 0.0795 e. The van der Waals surface area contributed by atoms with Crippen LogP contribution in [-0.2, 0) is 0 Å². The van der Waals surface area contributed by atoms with Crippen LogP contribution in [0, 0.1) is 47.3 Å². The van der Waals surface area contributed by atoms with Crippen molar-refractivity contribution >= 4 is 5.71 Å². The van der Waals surface area contributed by atoms with E-state index in [0.717, 1.165) is 43.7 Å². The molecule has 4 aliphatic rings. The zero-order valence-corrected chi connectivity index (χ0v) is 14.6. The molecule has 4 rings (SSSR count). The lowest BCUT2D eigenvalue weighted by molar-refractivity contribution is -0.0917. The van der Waals surface area contributed by atoms with Crippen molar-refractivity contribution in [2.45, 2.75) is 64.4 Å². The van der Waals surface area contributed by atoms with Crippen LogP contribution in [0.1, 0.15) is 58.3 Å². The van der Waals surface area contributed by atoms with E-state index in [4.69, 9.17) is 11.6 Å². The van der Waals surface area contributed by atoms with Crippen molar-refractivity contribution in [1.29, 1.82) is 0 Å². The van der Waals surface area contributed by atoms with Crippen molar-refractivity contribution in [2.24, 2.45) is 40.2 Å². The molecule has 0 aromatic heterocycles. The van der Waals surface area contributed by atoms with E-state index in [1.54, 1.807) is 0 Å². The average Bonchev–Trinajstić information content (AvgIpc) is 3.00. The van der Waals surface area contributed by atoms with Crippen LogP contribution in [0.15, 0.2) is 16.8 Å². The van der Waals surface area contributed by atoms with E-state index in [1.807, 2.05) is 6.92 Å². The van der Waals surface area contributed by atoms with Crippen LogP contribution in [0.4, 0.5) is 0 Å². The Morgan fingerprint density at radius 3 is 2.75 bits per heavy atom. The number of oxime groups is 1. The zero-order valence-electron chi connectivity index (χ0n) is 14.6. The molecule has 0 radical (unpaired) electrons. The Bertz CT molecular complexity index is 614. The van der Waals surface area contributed by atoms with Gasteiger partial charge in [-0.15, -0.1) is 12.3 Å². The first-order chi connectivity index (χ1) is 11.6. The summed E-state index contributed by atoms with van der Waals surface area (Å²) in [6, 6.07) is 0. The van der Waals surface area contributed by atoms with Gasteiger partial charge in [0.15, 0.2) is 0 Å². The number of fused-ring (bicyclic) bond motifs is 5. The van der Waals surface area contributed by atoms with E-state index in [1.165, 1.54) is 24.8 Å². The third-order valence-electron chi connectivity index (χ3n) is 8.01. The monoisotopic (exact) mass is 327 g/mol. The Morgan fingerprint density at radius 1 is 1.21 bits per heavy atom. The van der Waals surface area contributed by atoms with Crippen LogP contribution in [0.3, 0.4) is 0 Å². The van der Waals surface area contributed by atoms with Crippen LogP contribution in [0.25, 0.3) is 0 Å². The van der Waals surface area contributed by atoms with Gasteiger partial charge in [-0.05, 0) is 88.0 Å². The number of allylic oxidation sites excluding steroid dienone is 2. The summed E-state index contributed by atoms with van der Waals surface area (Å²) in [4.78, 5) is 0. The minimum Gasteiger partial charge on any atom is -0.411 e. The lowest BCUT2D eigenvalue weighted by atomic mass is 9.49. The summed E-state index contributed by atoms with van der Waals surface area (Å²) < 4.78 is 0. The van der Waals surface area contributed by atoms with Gasteiger partial charge in [0.05, 0.1) is 11.8 Å². The summed E-state index contributed by atoms with van der Waals surface area (Å²) >= 11 is 0. The van der Waals surface area contributed by atoms with Gasteiger partial charge in [-0.2, -0.15) is 0 Å². The number of aliphatic hydroxyl groups is 1. The molecule has 3 saturated carbocycles. The Morgan fingerprint density at radius 2 is 2.04 bits per heavy atom. The molecule has 3 fully saturated rings. The van der Waals surface area contributed by atoms with E-state index >= 15 is 0 Å². The minimum atomic E-state index is -0.302. The van der Waals surface area contributed by atoms with Crippen molar-refractivity contribution < 1.29 is 10.3 Å². The first kappa shape index (κ1) is 16.2. The van der Waals surface area contributed by atoms with Crippen molar-refractivity contribution in [1.82, 2.24) is 0 Å². The first-order valence-corrected chi connectivity index (χ1v) is 9.67. The fourth-order valence-electron chi connectivity index (χ4n) is 7.05. The molecule has 4 aliphatic carbocycles. The van der Waals surface area contributed by atoms with Crippen LogP contribution in [-0.4, -0.2) is 22.1 Å². The molecule has 0 aromatic carbocycles. The van der Waals surface area contributed by atoms with Gasteiger partial charge in [-0.25, -0.2) is 0 Å². The van der Waals surface area contributed by atoms with Gasteiger partial charge in [-0.3, -0.25) is 0 Å². The average molecular weight is 327 g/mol. The lowest BCUT2D eigenvalue weighted by Gasteiger charge is -2.55. The summed E-state index contributed by atoms with van der Waals surface area (Å²) in [5.41, 5.74) is 2.32. The third-order valence-corrected chi connectivity index (χ3v) is 8.01. The van der Waals surface area contributed by atoms with E-state index < -0.39 is 0 Å². The molecular weight excluding hydrogens is 298 g/mol. The highest BCUT2D eigenvalue weighted by Gasteiger charge is 2.60. The first-order valence-electron chi connectivity index (χ1n) is 9.67. The maximum absolute atomic E-state index is 10.7. The summed E-state index contributed by atoms with van der Waals surface area (Å²) in [7, 11) is 0. The standard InChI is InChI=1S/C21H29NO2/c1-3-15-5-9-20-19-7-4-14-12-16(22-24)6-8-17(14)18(19)10-11-21(15,20)13(2)23/h1,12-13,15,17-20,23-24H,4-11H2,2H3/t13?,15-,17-,18+,19+,20-,21-/m0/s1. The molecule has 0 saturated heterocycles. The van der Waals surface area contributed by atoms with Crippen LogP contribution in [0.2, 0.25) is 0 Å². The lowest BCUT2D eigenvalue weighted by Crippen LogP contribution is -2.52. The van der Waals surface area contributed by atoms with Gasteiger partial charge in [0.2, 0.25) is 0 Å². The summed E-state index contributed by atoms with van der Waals surface area (Å²) in [5, 5.41) is 23.2. The van der Waals surface area contributed by atoms with Crippen molar-refractivity contribution in [2.75, 3.05) is 0 Å². The molecule has 24 heavy (non-hydrogen) atoms. The molecule has 2 N–H and O–H groups in total. The summed E-state index contributed by atoms with van der Waals surface area (Å²) in [6.07, 6.45) is 16.6. The maximum atomic E-state index is 10.7. The van der Waals surface area contributed by atoms with E-state index in [9.17, 15) is 5.11 Å². The van der Waals surface area contributed by atoms with Gasteiger partial charge >= 0.3 is 0 Å². The molecule has 130 valence electrons. The topological polar surface area (TPSA) is 52.8 Å². The predicted molar refractivity (Wildman–Crippen MR) is 94.6 cm³/mol. The third kappa shape index (κ3) is 2.12. The minimum absolute atomic E-state index is 0.0382. The number of aliphatic hydroxyl groups excluding tert-OH is 1.